The molecular formula is C25H32N2O6. The molecule has 0 aliphatic carbocycles. The molecule has 0 saturated carbocycles. The summed E-state index contributed by atoms with van der Waals surface area (Å²) in [6.07, 6.45) is 0.730. The van der Waals surface area contributed by atoms with Gasteiger partial charge in [0.1, 0.15) is 11.5 Å². The van der Waals surface area contributed by atoms with Gasteiger partial charge in [0, 0.05) is 30.4 Å². The van der Waals surface area contributed by atoms with Gasteiger partial charge in [0.25, 0.3) is 5.91 Å². The molecule has 0 unspecified atom stereocenters. The molecule has 0 radical (unpaired) electrons. The van der Waals surface area contributed by atoms with E-state index in [0.29, 0.717) is 74.4 Å². The second-order valence-electron chi connectivity index (χ2n) is 7.48. The van der Waals surface area contributed by atoms with Crippen molar-refractivity contribution in [1.29, 1.82) is 0 Å². The number of carbonyl (C=O) groups is 2. The van der Waals surface area contributed by atoms with Gasteiger partial charge in [-0.2, -0.15) is 0 Å². The third kappa shape index (κ3) is 6.61. The summed E-state index contributed by atoms with van der Waals surface area (Å²) in [5, 5.41) is 2.88. The zero-order valence-electron chi connectivity index (χ0n) is 19.5. The minimum absolute atomic E-state index is 0.329. The Labute approximate surface area is 194 Å². The van der Waals surface area contributed by atoms with Crippen molar-refractivity contribution in [2.45, 2.75) is 27.2 Å². The van der Waals surface area contributed by atoms with Crippen molar-refractivity contribution in [2.24, 2.45) is 0 Å². The van der Waals surface area contributed by atoms with Crippen LogP contribution in [0.3, 0.4) is 0 Å². The molecule has 1 aliphatic rings. The van der Waals surface area contributed by atoms with Crippen LogP contribution in [0, 0.1) is 0 Å². The summed E-state index contributed by atoms with van der Waals surface area (Å²) in [7, 11) is 0. The third-order valence-corrected chi connectivity index (χ3v) is 5.03. The Kier molecular flexibility index (Phi) is 8.95. The second kappa shape index (κ2) is 12.1. The summed E-state index contributed by atoms with van der Waals surface area (Å²) in [6.45, 7) is 9.55. The summed E-state index contributed by atoms with van der Waals surface area (Å²) in [4.78, 5) is 27.9. The highest BCUT2D eigenvalue weighted by atomic mass is 16.5. The Balaban J connectivity index is 1.86. The number of carbonyl (C=O) groups excluding carboxylic acids is 2. The number of hydrogen-bond donors (Lipinski definition) is 1. The van der Waals surface area contributed by atoms with Gasteiger partial charge in [0.2, 0.25) is 0 Å². The molecule has 1 fully saturated rings. The number of esters is 1. The van der Waals surface area contributed by atoms with Crippen LogP contribution >= 0.6 is 0 Å². The lowest BCUT2D eigenvalue weighted by molar-refractivity contribution is 0.0504. The molecule has 8 nitrogen and oxygen atoms in total. The lowest BCUT2D eigenvalue weighted by Gasteiger charge is -2.30. The topological polar surface area (TPSA) is 86.3 Å². The van der Waals surface area contributed by atoms with Crippen LogP contribution in [0.25, 0.3) is 0 Å². The third-order valence-electron chi connectivity index (χ3n) is 5.03. The van der Waals surface area contributed by atoms with Gasteiger partial charge >= 0.3 is 5.97 Å². The van der Waals surface area contributed by atoms with E-state index in [0.717, 1.165) is 12.1 Å². The van der Waals surface area contributed by atoms with Crippen molar-refractivity contribution in [3.05, 3.63) is 47.5 Å². The van der Waals surface area contributed by atoms with Crippen molar-refractivity contribution in [1.82, 2.24) is 0 Å². The highest BCUT2D eigenvalue weighted by Crippen LogP contribution is 2.28. The number of morpholine rings is 1. The summed E-state index contributed by atoms with van der Waals surface area (Å²) in [5.41, 5.74) is 2.09. The van der Waals surface area contributed by atoms with E-state index in [1.807, 2.05) is 26.8 Å². The van der Waals surface area contributed by atoms with E-state index in [1.165, 1.54) is 0 Å². The van der Waals surface area contributed by atoms with Crippen molar-refractivity contribution < 1.29 is 28.5 Å². The van der Waals surface area contributed by atoms with E-state index in [4.69, 9.17) is 18.9 Å². The molecule has 0 bridgehead atoms. The van der Waals surface area contributed by atoms with Gasteiger partial charge in [-0.25, -0.2) is 4.79 Å². The van der Waals surface area contributed by atoms with Crippen molar-refractivity contribution in [3.63, 3.8) is 0 Å². The normalized spacial score (nSPS) is 13.4. The fraction of sp³-hybridized carbons (Fsp3) is 0.440. The average molecular weight is 457 g/mol. The number of hydrogen-bond acceptors (Lipinski definition) is 7. The maximum atomic E-state index is 13.0. The van der Waals surface area contributed by atoms with Gasteiger partial charge in [0.05, 0.1) is 44.3 Å². The Hall–Kier alpha value is -3.26. The number of rotatable bonds is 10. The van der Waals surface area contributed by atoms with E-state index >= 15 is 0 Å². The highest BCUT2D eigenvalue weighted by molar-refractivity contribution is 6.06. The Bertz CT molecular complexity index is 932. The van der Waals surface area contributed by atoms with Gasteiger partial charge in [-0.3, -0.25) is 4.79 Å². The predicted octanol–water partition coefficient (Wildman–Crippen LogP) is 4.14. The summed E-state index contributed by atoms with van der Waals surface area (Å²) < 4.78 is 22.0. The van der Waals surface area contributed by atoms with Gasteiger partial charge in [-0.15, -0.1) is 0 Å². The maximum Gasteiger partial charge on any atom is 0.340 e. The molecular weight excluding hydrogens is 424 g/mol. The van der Waals surface area contributed by atoms with Gasteiger partial charge < -0.3 is 29.2 Å². The largest absolute Gasteiger partial charge is 0.494 e. The van der Waals surface area contributed by atoms with E-state index in [-0.39, 0.29) is 5.91 Å². The SMILES string of the molecule is CCCOC(=O)c1cc(NC(=O)c2cc(OCC)cc(OCC)c2)ccc1N1CCOCC1. The fourth-order valence-corrected chi connectivity index (χ4v) is 3.54. The molecule has 1 amide bonds. The van der Waals surface area contributed by atoms with E-state index in [1.54, 1.807) is 30.3 Å². The predicted molar refractivity (Wildman–Crippen MR) is 127 cm³/mol. The first kappa shape index (κ1) is 24.4. The van der Waals surface area contributed by atoms with Crippen LogP contribution in [0.15, 0.2) is 36.4 Å². The average Bonchev–Trinajstić information content (AvgIpc) is 2.83. The number of nitrogens with one attached hydrogen (secondary N) is 1. The van der Waals surface area contributed by atoms with Crippen LogP contribution in [0.5, 0.6) is 11.5 Å². The molecule has 8 heteroatoms. The lowest BCUT2D eigenvalue weighted by Crippen LogP contribution is -2.37. The van der Waals surface area contributed by atoms with Crippen LogP contribution in [0.4, 0.5) is 11.4 Å². The molecule has 0 atom stereocenters. The fourth-order valence-electron chi connectivity index (χ4n) is 3.54. The van der Waals surface area contributed by atoms with Crippen LogP contribution in [0.1, 0.15) is 47.9 Å². The Morgan fingerprint density at radius 2 is 1.64 bits per heavy atom. The lowest BCUT2D eigenvalue weighted by atomic mass is 10.1. The number of nitrogens with zero attached hydrogens (tertiary/aromatic N) is 1. The highest BCUT2D eigenvalue weighted by Gasteiger charge is 2.21. The summed E-state index contributed by atoms with van der Waals surface area (Å²) >= 11 is 0. The van der Waals surface area contributed by atoms with Crippen LogP contribution in [-0.4, -0.2) is 58.0 Å². The Morgan fingerprint density at radius 3 is 2.24 bits per heavy atom. The van der Waals surface area contributed by atoms with Crippen molar-refractivity contribution >= 4 is 23.3 Å². The molecule has 33 heavy (non-hydrogen) atoms. The monoisotopic (exact) mass is 456 g/mol. The first-order valence-electron chi connectivity index (χ1n) is 11.4. The minimum atomic E-state index is -0.411. The molecule has 178 valence electrons. The molecule has 2 aromatic rings. The Morgan fingerprint density at radius 1 is 0.970 bits per heavy atom. The van der Waals surface area contributed by atoms with E-state index < -0.39 is 5.97 Å². The van der Waals surface area contributed by atoms with Gasteiger partial charge in [-0.1, -0.05) is 6.92 Å². The molecule has 0 aromatic heterocycles. The summed E-state index contributed by atoms with van der Waals surface area (Å²) in [6, 6.07) is 10.4. The number of anilines is 2. The molecule has 1 aliphatic heterocycles. The molecule has 3 rings (SSSR count). The number of amides is 1. The molecule has 1 saturated heterocycles. The van der Waals surface area contributed by atoms with Crippen molar-refractivity contribution in [2.75, 3.05) is 56.3 Å². The smallest absolute Gasteiger partial charge is 0.340 e. The second-order valence-corrected chi connectivity index (χ2v) is 7.48. The molecule has 1 heterocycles. The zero-order valence-corrected chi connectivity index (χ0v) is 19.5. The molecule has 2 aromatic carbocycles. The van der Waals surface area contributed by atoms with E-state index in [2.05, 4.69) is 10.2 Å². The number of ether oxygens (including phenoxy) is 4. The van der Waals surface area contributed by atoms with Gasteiger partial charge in [0.15, 0.2) is 0 Å². The zero-order chi connectivity index (χ0) is 23.6. The van der Waals surface area contributed by atoms with Crippen LogP contribution < -0.4 is 19.7 Å². The molecule has 0 spiro atoms. The van der Waals surface area contributed by atoms with Crippen LogP contribution in [0.2, 0.25) is 0 Å². The first-order chi connectivity index (χ1) is 16.0. The minimum Gasteiger partial charge on any atom is -0.494 e. The number of benzene rings is 2. The summed E-state index contributed by atoms with van der Waals surface area (Å²) in [5.74, 6) is 0.371. The maximum absolute atomic E-state index is 13.0. The van der Waals surface area contributed by atoms with Gasteiger partial charge in [-0.05, 0) is 50.6 Å². The quantitative estimate of drug-likeness (QED) is 0.538. The van der Waals surface area contributed by atoms with Crippen molar-refractivity contribution in [3.8, 4) is 11.5 Å². The molecule has 1 N–H and O–H groups in total. The standard InChI is InChI=1S/C25H32N2O6/c1-4-11-33-25(29)22-16-19(7-8-23(22)27-9-12-30-13-10-27)26-24(28)18-14-20(31-5-2)17-21(15-18)32-6-3/h7-8,14-17H,4-6,9-13H2,1-3H3,(H,26,28). The van der Waals surface area contributed by atoms with E-state index in [9.17, 15) is 9.59 Å². The first-order valence-corrected chi connectivity index (χ1v) is 11.4. The van der Waals surface area contributed by atoms with Crippen LogP contribution in [-0.2, 0) is 9.47 Å².